The first-order chi connectivity index (χ1) is 18.2. The van der Waals surface area contributed by atoms with Crippen molar-refractivity contribution in [2.75, 3.05) is 20.3 Å². The first-order valence-corrected chi connectivity index (χ1v) is 15.4. The Kier molecular flexibility index (Phi) is 10.1. The molecule has 3 aromatic carbocycles. The van der Waals surface area contributed by atoms with Gasteiger partial charge in [0.05, 0.1) is 22.5 Å². The Balaban J connectivity index is 1.98. The van der Waals surface area contributed by atoms with E-state index < -0.39 is 44.7 Å². The molecule has 0 N–H and O–H groups in total. The Morgan fingerprint density at radius 2 is 1.31 bits per heavy atom. The summed E-state index contributed by atoms with van der Waals surface area (Å²) in [6, 6.07) is 21.1. The van der Waals surface area contributed by atoms with Crippen LogP contribution in [-0.4, -0.2) is 53.2 Å². The fourth-order valence-electron chi connectivity index (χ4n) is 3.84. The molecular formula is C29H37NO7S2. The molecule has 39 heavy (non-hydrogen) atoms. The lowest BCUT2D eigenvalue weighted by atomic mass is 10.1. The second-order valence-corrected chi connectivity index (χ2v) is 13.4. The van der Waals surface area contributed by atoms with Gasteiger partial charge in [0, 0.05) is 19.7 Å². The van der Waals surface area contributed by atoms with E-state index in [1.807, 2.05) is 44.2 Å². The minimum atomic E-state index is -4.11. The highest BCUT2D eigenvalue weighted by Crippen LogP contribution is 2.30. The fraction of sp³-hybridized carbons (Fsp3) is 0.379. The summed E-state index contributed by atoms with van der Waals surface area (Å²) < 4.78 is 71.9. The van der Waals surface area contributed by atoms with Gasteiger partial charge in [-0.25, -0.2) is 8.42 Å². The van der Waals surface area contributed by atoms with Gasteiger partial charge in [0.1, 0.15) is 0 Å². The van der Waals surface area contributed by atoms with E-state index in [1.54, 1.807) is 45.0 Å². The van der Waals surface area contributed by atoms with Crippen LogP contribution in [0.2, 0.25) is 0 Å². The molecule has 3 aromatic rings. The zero-order valence-corrected chi connectivity index (χ0v) is 24.8. The summed E-state index contributed by atoms with van der Waals surface area (Å²) in [6.45, 7) is 8.30. The van der Waals surface area contributed by atoms with Gasteiger partial charge in [-0.1, -0.05) is 65.7 Å². The largest absolute Gasteiger partial charge is 0.354 e. The van der Waals surface area contributed by atoms with Crippen LogP contribution in [-0.2, 0) is 33.8 Å². The molecule has 3 rings (SSSR count). The van der Waals surface area contributed by atoms with Crippen LogP contribution in [0.4, 0.5) is 0 Å². The van der Waals surface area contributed by atoms with Crippen LogP contribution in [0.15, 0.2) is 88.7 Å². The molecule has 8 nitrogen and oxygen atoms in total. The van der Waals surface area contributed by atoms with E-state index in [4.69, 9.17) is 13.7 Å². The van der Waals surface area contributed by atoms with Crippen molar-refractivity contribution in [3.63, 3.8) is 0 Å². The Labute approximate surface area is 232 Å². The van der Waals surface area contributed by atoms with Crippen LogP contribution in [0.3, 0.4) is 0 Å². The van der Waals surface area contributed by atoms with Crippen molar-refractivity contribution in [3.8, 4) is 0 Å². The summed E-state index contributed by atoms with van der Waals surface area (Å²) in [5.74, 6) is -1.02. The van der Waals surface area contributed by atoms with Crippen LogP contribution in [0.1, 0.15) is 43.6 Å². The first kappa shape index (κ1) is 30.9. The molecule has 212 valence electrons. The molecule has 2 atom stereocenters. The van der Waals surface area contributed by atoms with E-state index in [9.17, 15) is 16.8 Å². The predicted molar refractivity (Wildman–Crippen MR) is 150 cm³/mol. The molecule has 0 fully saturated rings. The van der Waals surface area contributed by atoms with E-state index >= 15 is 0 Å². The number of aryl methyl sites for hydroxylation is 2. The van der Waals surface area contributed by atoms with Gasteiger partial charge in [-0.15, -0.1) is 0 Å². The van der Waals surface area contributed by atoms with E-state index in [2.05, 4.69) is 0 Å². The number of hydrogen-bond acceptors (Lipinski definition) is 7. The molecule has 0 radical (unpaired) electrons. The Hall–Kier alpha value is -2.60. The summed E-state index contributed by atoms with van der Waals surface area (Å²) in [7, 11) is -6.68. The molecule has 0 aliphatic rings. The number of ether oxygens (including phenoxy) is 2. The number of rotatable bonds is 13. The van der Waals surface area contributed by atoms with Crippen LogP contribution in [0.5, 0.6) is 0 Å². The number of benzene rings is 3. The Bertz CT molecular complexity index is 1420. The van der Waals surface area contributed by atoms with E-state index in [0.717, 1.165) is 16.7 Å². The highest BCUT2D eigenvalue weighted by molar-refractivity contribution is 7.89. The van der Waals surface area contributed by atoms with Crippen molar-refractivity contribution in [2.45, 2.75) is 62.3 Å². The van der Waals surface area contributed by atoms with Crippen LogP contribution in [0.25, 0.3) is 0 Å². The smallest absolute Gasteiger partial charge is 0.297 e. The van der Waals surface area contributed by atoms with E-state index in [0.29, 0.717) is 0 Å². The van der Waals surface area contributed by atoms with Gasteiger partial charge >= 0.3 is 0 Å². The summed E-state index contributed by atoms with van der Waals surface area (Å²) in [4.78, 5) is 0.0831. The van der Waals surface area contributed by atoms with Crippen LogP contribution < -0.4 is 0 Å². The van der Waals surface area contributed by atoms with Crippen LogP contribution in [0, 0.1) is 13.8 Å². The van der Waals surface area contributed by atoms with Gasteiger partial charge in [-0.3, -0.25) is 4.18 Å². The standard InChI is InChI=1S/C29H37NO7S2/c1-22-12-16-26(17-13-22)38(31,32)30(20-28(37-29(4,5)35-6)25-10-8-7-9-11-25)24(3)21-36-39(33,34)27-18-14-23(2)15-19-27/h7-19,24,28H,20-21H2,1-6H3/t24-,28-/m0/s1. The lowest BCUT2D eigenvalue weighted by Crippen LogP contribution is -2.45. The Morgan fingerprint density at radius 3 is 1.82 bits per heavy atom. The lowest BCUT2D eigenvalue weighted by molar-refractivity contribution is -0.227. The topological polar surface area (TPSA) is 99.2 Å². The van der Waals surface area contributed by atoms with Crippen molar-refractivity contribution >= 4 is 20.1 Å². The van der Waals surface area contributed by atoms with Gasteiger partial charge in [0.2, 0.25) is 10.0 Å². The molecule has 0 amide bonds. The SMILES string of the molecule is COC(C)(C)O[C@@H](CN([C@@H](C)COS(=O)(=O)c1ccc(C)cc1)S(=O)(=O)c1ccc(C)cc1)c1ccccc1. The maximum Gasteiger partial charge on any atom is 0.297 e. The Morgan fingerprint density at radius 1 is 0.795 bits per heavy atom. The zero-order valence-electron chi connectivity index (χ0n) is 23.2. The molecule has 0 saturated carbocycles. The molecule has 0 bridgehead atoms. The fourth-order valence-corrected chi connectivity index (χ4v) is 6.44. The van der Waals surface area contributed by atoms with Crippen molar-refractivity contribution in [3.05, 3.63) is 95.6 Å². The highest BCUT2D eigenvalue weighted by Gasteiger charge is 2.35. The third-order valence-corrected chi connectivity index (χ3v) is 9.62. The molecule has 0 heterocycles. The average Bonchev–Trinajstić information content (AvgIpc) is 2.90. The number of nitrogens with zero attached hydrogens (tertiary/aromatic N) is 1. The summed E-state index contributed by atoms with van der Waals surface area (Å²) >= 11 is 0. The molecule has 0 unspecified atom stereocenters. The van der Waals surface area contributed by atoms with Gasteiger partial charge in [-0.2, -0.15) is 12.7 Å². The number of methoxy groups -OCH3 is 1. The zero-order chi connectivity index (χ0) is 28.8. The first-order valence-electron chi connectivity index (χ1n) is 12.6. The third-order valence-electron chi connectivity index (χ3n) is 6.33. The van der Waals surface area contributed by atoms with Gasteiger partial charge in [-0.05, 0) is 64.4 Å². The summed E-state index contributed by atoms with van der Waals surface area (Å²) in [5.41, 5.74) is 2.56. The average molecular weight is 576 g/mol. The molecule has 0 saturated heterocycles. The maximum atomic E-state index is 14.0. The third kappa shape index (κ3) is 8.20. The van der Waals surface area contributed by atoms with Gasteiger partial charge in [0.15, 0.2) is 5.79 Å². The lowest BCUT2D eigenvalue weighted by Gasteiger charge is -2.35. The van der Waals surface area contributed by atoms with E-state index in [1.165, 1.54) is 35.7 Å². The molecule has 10 heteroatoms. The van der Waals surface area contributed by atoms with Crippen molar-refractivity contribution in [1.29, 1.82) is 0 Å². The molecule has 0 aromatic heterocycles. The molecule has 0 aliphatic heterocycles. The normalized spacial score (nSPS) is 14.3. The van der Waals surface area contributed by atoms with E-state index in [-0.39, 0.29) is 16.3 Å². The molecular weight excluding hydrogens is 538 g/mol. The van der Waals surface area contributed by atoms with Crippen molar-refractivity contribution < 1.29 is 30.5 Å². The summed E-state index contributed by atoms with van der Waals surface area (Å²) in [6.07, 6.45) is -0.725. The maximum absolute atomic E-state index is 14.0. The highest BCUT2D eigenvalue weighted by atomic mass is 32.2. The van der Waals surface area contributed by atoms with Gasteiger partial charge in [0.25, 0.3) is 10.1 Å². The summed E-state index contributed by atoms with van der Waals surface area (Å²) in [5, 5.41) is 0. The minimum absolute atomic E-state index is 0.000538. The molecule has 0 aliphatic carbocycles. The quantitative estimate of drug-likeness (QED) is 0.203. The van der Waals surface area contributed by atoms with Crippen molar-refractivity contribution in [1.82, 2.24) is 4.31 Å². The molecule has 0 spiro atoms. The van der Waals surface area contributed by atoms with Crippen LogP contribution >= 0.6 is 0 Å². The monoisotopic (exact) mass is 575 g/mol. The second-order valence-electron chi connectivity index (χ2n) is 9.91. The second kappa shape index (κ2) is 12.7. The van der Waals surface area contributed by atoms with Gasteiger partial charge < -0.3 is 9.47 Å². The van der Waals surface area contributed by atoms with Crippen molar-refractivity contribution in [2.24, 2.45) is 0 Å². The number of hydrogen-bond donors (Lipinski definition) is 0. The number of sulfonamides is 1. The predicted octanol–water partition coefficient (Wildman–Crippen LogP) is 5.23. The minimum Gasteiger partial charge on any atom is -0.354 e.